The first-order chi connectivity index (χ1) is 13.7. The summed E-state index contributed by atoms with van der Waals surface area (Å²) in [6.07, 6.45) is -4.60. The molecule has 0 aliphatic carbocycles. The zero-order valence-electron chi connectivity index (χ0n) is 16.1. The van der Waals surface area contributed by atoms with Gasteiger partial charge in [-0.25, -0.2) is 0 Å². The Hall–Kier alpha value is -1.91. The summed E-state index contributed by atoms with van der Waals surface area (Å²) in [7, 11) is 0. The first-order valence-corrected chi connectivity index (χ1v) is 9.98. The molecule has 0 bridgehead atoms. The highest BCUT2D eigenvalue weighted by Crippen LogP contribution is 2.36. The second-order valence-electron chi connectivity index (χ2n) is 6.94. The Bertz CT molecular complexity index is 879. The minimum atomic E-state index is -4.60. The van der Waals surface area contributed by atoms with Crippen LogP contribution in [0.1, 0.15) is 29.9 Å². The van der Waals surface area contributed by atoms with Gasteiger partial charge in [0.25, 0.3) is 0 Å². The van der Waals surface area contributed by atoms with Crippen LogP contribution in [0.3, 0.4) is 0 Å². The molecule has 29 heavy (non-hydrogen) atoms. The molecule has 158 valence electrons. The fraction of sp³-hybridized carbons (Fsp3) is 0.474. The van der Waals surface area contributed by atoms with Crippen molar-refractivity contribution in [1.82, 2.24) is 14.7 Å². The molecule has 1 aliphatic heterocycles. The van der Waals surface area contributed by atoms with E-state index in [0.717, 1.165) is 29.9 Å². The summed E-state index contributed by atoms with van der Waals surface area (Å²) in [6, 6.07) is 6.52. The van der Waals surface area contributed by atoms with E-state index in [0.29, 0.717) is 18.9 Å². The van der Waals surface area contributed by atoms with Crippen LogP contribution in [0.4, 0.5) is 18.9 Å². The van der Waals surface area contributed by atoms with E-state index in [-0.39, 0.29) is 10.2 Å². The van der Waals surface area contributed by atoms with Gasteiger partial charge in [-0.3, -0.25) is 14.4 Å². The number of aromatic nitrogens is 2. The van der Waals surface area contributed by atoms with Gasteiger partial charge in [0, 0.05) is 25.3 Å². The van der Waals surface area contributed by atoms with E-state index in [1.807, 2.05) is 18.2 Å². The minimum absolute atomic E-state index is 0.155. The number of amides is 1. The number of rotatable bonds is 5. The van der Waals surface area contributed by atoms with Gasteiger partial charge in [0.15, 0.2) is 5.69 Å². The molecule has 0 saturated carbocycles. The van der Waals surface area contributed by atoms with Crippen molar-refractivity contribution in [3.8, 4) is 0 Å². The highest BCUT2D eigenvalue weighted by Gasteiger charge is 2.39. The molecule has 0 radical (unpaired) electrons. The molecule has 1 amide bonds. The third-order valence-electron chi connectivity index (χ3n) is 4.80. The van der Waals surface area contributed by atoms with Gasteiger partial charge in [-0.1, -0.05) is 12.1 Å². The van der Waals surface area contributed by atoms with Crippen LogP contribution in [0.5, 0.6) is 0 Å². The number of hydrogen-bond donors (Lipinski definition) is 1. The average molecular weight is 475 g/mol. The maximum atomic E-state index is 13.1. The molecule has 1 fully saturated rings. The van der Waals surface area contributed by atoms with Crippen molar-refractivity contribution in [2.24, 2.45) is 0 Å². The van der Waals surface area contributed by atoms with Gasteiger partial charge in [0.2, 0.25) is 5.91 Å². The minimum Gasteiger partial charge on any atom is -0.379 e. The highest BCUT2D eigenvalue weighted by molar-refractivity contribution is 9.10. The summed E-state index contributed by atoms with van der Waals surface area (Å²) in [5, 5.41) is 6.38. The van der Waals surface area contributed by atoms with Crippen molar-refractivity contribution in [3.63, 3.8) is 0 Å². The van der Waals surface area contributed by atoms with Gasteiger partial charge in [0.1, 0.15) is 6.04 Å². The van der Waals surface area contributed by atoms with Gasteiger partial charge < -0.3 is 10.1 Å². The van der Waals surface area contributed by atoms with Gasteiger partial charge in [0.05, 0.1) is 23.4 Å². The van der Waals surface area contributed by atoms with Crippen LogP contribution in [0, 0.1) is 6.92 Å². The second kappa shape index (κ2) is 8.85. The number of morpholine rings is 1. The Kier molecular flexibility index (Phi) is 6.65. The molecule has 2 aromatic rings. The molecule has 0 spiro atoms. The number of ether oxygens (including phenoxy) is 1. The lowest BCUT2D eigenvalue weighted by Gasteiger charge is -2.26. The Balaban J connectivity index is 1.71. The van der Waals surface area contributed by atoms with E-state index in [4.69, 9.17) is 4.74 Å². The zero-order valence-corrected chi connectivity index (χ0v) is 17.7. The number of nitrogens with zero attached hydrogens (tertiary/aromatic N) is 3. The molecule has 1 atom stereocenters. The fourth-order valence-corrected chi connectivity index (χ4v) is 3.67. The first kappa shape index (κ1) is 21.8. The number of alkyl halides is 3. The van der Waals surface area contributed by atoms with Crippen molar-refractivity contribution in [1.29, 1.82) is 0 Å². The summed E-state index contributed by atoms with van der Waals surface area (Å²) < 4.78 is 45.5. The number of anilines is 1. The fourth-order valence-electron chi connectivity index (χ4n) is 3.18. The molecule has 2 heterocycles. The Morgan fingerprint density at radius 2 is 2.03 bits per heavy atom. The van der Waals surface area contributed by atoms with E-state index in [1.54, 1.807) is 6.07 Å². The van der Waals surface area contributed by atoms with E-state index in [2.05, 4.69) is 31.2 Å². The van der Waals surface area contributed by atoms with E-state index in [9.17, 15) is 18.0 Å². The van der Waals surface area contributed by atoms with Crippen LogP contribution in [0.2, 0.25) is 0 Å². The van der Waals surface area contributed by atoms with Gasteiger partial charge >= 0.3 is 6.18 Å². The molecule has 1 aromatic carbocycles. The average Bonchev–Trinajstić information content (AvgIpc) is 2.97. The van der Waals surface area contributed by atoms with Crippen LogP contribution in [0.25, 0.3) is 0 Å². The predicted octanol–water partition coefficient (Wildman–Crippen LogP) is 4.00. The molecule has 3 rings (SSSR count). The summed E-state index contributed by atoms with van der Waals surface area (Å²) in [5.74, 6) is -0.444. The molecule has 10 heteroatoms. The summed E-state index contributed by atoms with van der Waals surface area (Å²) in [5.41, 5.74) is 0.824. The molecule has 1 aromatic heterocycles. The van der Waals surface area contributed by atoms with Gasteiger partial charge in [-0.15, -0.1) is 0 Å². The second-order valence-corrected chi connectivity index (χ2v) is 7.74. The number of hydrogen-bond acceptors (Lipinski definition) is 4. The Labute approximate surface area is 175 Å². The summed E-state index contributed by atoms with van der Waals surface area (Å²) in [4.78, 5) is 14.9. The van der Waals surface area contributed by atoms with Crippen LogP contribution in [0.15, 0.2) is 28.7 Å². The van der Waals surface area contributed by atoms with E-state index < -0.39 is 23.8 Å². The lowest BCUT2D eigenvalue weighted by Crippen LogP contribution is -2.35. The lowest BCUT2D eigenvalue weighted by molar-refractivity contribution is -0.142. The van der Waals surface area contributed by atoms with Gasteiger partial charge in [-0.2, -0.15) is 18.3 Å². The van der Waals surface area contributed by atoms with Crippen molar-refractivity contribution >= 4 is 27.5 Å². The number of carbonyl (C=O) groups excluding carboxylic acids is 1. The van der Waals surface area contributed by atoms with E-state index >= 15 is 0 Å². The molecule has 1 N–H and O–H groups in total. The van der Waals surface area contributed by atoms with Crippen molar-refractivity contribution in [2.45, 2.75) is 32.6 Å². The third kappa shape index (κ3) is 5.18. The topological polar surface area (TPSA) is 59.4 Å². The summed E-state index contributed by atoms with van der Waals surface area (Å²) in [6.45, 7) is 6.84. The molecular formula is C19H22BrF3N4O2. The Morgan fingerprint density at radius 1 is 1.34 bits per heavy atom. The smallest absolute Gasteiger partial charge is 0.379 e. The predicted molar refractivity (Wildman–Crippen MR) is 106 cm³/mol. The van der Waals surface area contributed by atoms with Crippen molar-refractivity contribution in [3.05, 3.63) is 45.7 Å². The van der Waals surface area contributed by atoms with Crippen LogP contribution in [-0.4, -0.2) is 46.9 Å². The molecule has 1 unspecified atom stereocenters. The largest absolute Gasteiger partial charge is 0.436 e. The normalized spacial score (nSPS) is 16.6. The molecule has 1 saturated heterocycles. The summed E-state index contributed by atoms with van der Waals surface area (Å²) >= 11 is 2.93. The van der Waals surface area contributed by atoms with Crippen LogP contribution >= 0.6 is 15.9 Å². The molecule has 6 nitrogen and oxygen atoms in total. The SMILES string of the molecule is Cc1c(Br)c(C(F)(F)F)nn1C(C)C(=O)Nc1cccc(CN2CCOCC2)c1. The maximum absolute atomic E-state index is 13.1. The number of nitrogens with one attached hydrogen (secondary N) is 1. The quantitative estimate of drug-likeness (QED) is 0.711. The van der Waals surface area contributed by atoms with Crippen LogP contribution < -0.4 is 5.32 Å². The standard InChI is InChI=1S/C19H22BrF3N4O2/c1-12-16(20)17(19(21,22)23)25-27(12)13(2)18(28)24-15-5-3-4-14(10-15)11-26-6-8-29-9-7-26/h3-5,10,13H,6-9,11H2,1-2H3,(H,24,28). The first-order valence-electron chi connectivity index (χ1n) is 9.18. The maximum Gasteiger partial charge on any atom is 0.436 e. The molecule has 1 aliphatic rings. The zero-order chi connectivity index (χ0) is 21.2. The number of halogens is 4. The van der Waals surface area contributed by atoms with Crippen molar-refractivity contribution in [2.75, 3.05) is 31.6 Å². The third-order valence-corrected chi connectivity index (χ3v) is 5.75. The Morgan fingerprint density at radius 3 is 2.66 bits per heavy atom. The monoisotopic (exact) mass is 474 g/mol. The van der Waals surface area contributed by atoms with Crippen molar-refractivity contribution < 1.29 is 22.7 Å². The van der Waals surface area contributed by atoms with Crippen LogP contribution in [-0.2, 0) is 22.3 Å². The highest BCUT2D eigenvalue weighted by atomic mass is 79.9. The number of carbonyl (C=O) groups is 1. The number of benzene rings is 1. The van der Waals surface area contributed by atoms with Gasteiger partial charge in [-0.05, 0) is 47.5 Å². The van der Waals surface area contributed by atoms with E-state index in [1.165, 1.54) is 13.8 Å². The lowest BCUT2D eigenvalue weighted by atomic mass is 10.1. The molecular weight excluding hydrogens is 453 g/mol.